The van der Waals surface area contributed by atoms with Crippen LogP contribution in [0.25, 0.3) is 0 Å². The van der Waals surface area contributed by atoms with Crippen LogP contribution in [0.4, 0.5) is 0 Å². The molecule has 0 aliphatic heterocycles. The maximum absolute atomic E-state index is 7.49. The monoisotopic (exact) mass is 239 g/mol. The zero-order valence-electron chi connectivity index (χ0n) is 13.3. The molecular weight excluding hydrogens is 214 g/mol. The van der Waals surface area contributed by atoms with Gasteiger partial charge in [0.25, 0.3) is 0 Å². The summed E-state index contributed by atoms with van der Waals surface area (Å²) in [7, 11) is 3.18. The number of hydrogen-bond donors (Lipinski definition) is 1. The summed E-state index contributed by atoms with van der Waals surface area (Å²) in [6, 6.07) is 3.71. The van der Waals surface area contributed by atoms with Gasteiger partial charge >= 0.3 is 0 Å². The molecule has 3 heteroatoms. The van der Waals surface area contributed by atoms with Gasteiger partial charge in [0.1, 0.15) is 11.5 Å². The van der Waals surface area contributed by atoms with E-state index in [0.717, 1.165) is 11.3 Å². The molecule has 0 radical (unpaired) electrons. The summed E-state index contributed by atoms with van der Waals surface area (Å²) in [5, 5.41) is 0. The van der Waals surface area contributed by atoms with Gasteiger partial charge in [-0.1, -0.05) is 20.8 Å². The van der Waals surface area contributed by atoms with Crippen molar-refractivity contribution in [2.45, 2.75) is 32.6 Å². The van der Waals surface area contributed by atoms with Crippen LogP contribution in [0.15, 0.2) is 12.1 Å². The van der Waals surface area contributed by atoms with Crippen molar-refractivity contribution < 1.29 is 12.2 Å². The Kier molecular flexibility index (Phi) is 3.47. The van der Waals surface area contributed by atoms with Gasteiger partial charge in [0, 0.05) is 8.30 Å². The topological polar surface area (TPSA) is 44.5 Å². The fourth-order valence-electron chi connectivity index (χ4n) is 1.80. The van der Waals surface area contributed by atoms with Gasteiger partial charge in [-0.15, -0.1) is 0 Å². The van der Waals surface area contributed by atoms with Crippen molar-refractivity contribution in [1.29, 1.82) is 0 Å². The smallest absolute Gasteiger partial charge is 0.123 e. The van der Waals surface area contributed by atoms with Crippen molar-refractivity contribution in [2.24, 2.45) is 5.73 Å². The van der Waals surface area contributed by atoms with Crippen LogP contribution in [0.3, 0.4) is 0 Å². The highest BCUT2D eigenvalue weighted by atomic mass is 16.5. The molecule has 1 rings (SSSR count). The highest BCUT2D eigenvalue weighted by molar-refractivity contribution is 5.49. The number of hydrogen-bond acceptors (Lipinski definition) is 3. The minimum absolute atomic E-state index is 0.0803. The van der Waals surface area contributed by atoms with Gasteiger partial charge in [-0.3, -0.25) is 0 Å². The van der Waals surface area contributed by atoms with E-state index in [1.54, 1.807) is 14.2 Å². The van der Waals surface area contributed by atoms with E-state index in [2.05, 4.69) is 20.8 Å². The maximum atomic E-state index is 7.49. The fourth-order valence-corrected chi connectivity index (χ4v) is 1.80. The van der Waals surface area contributed by atoms with E-state index in [4.69, 9.17) is 17.9 Å². The van der Waals surface area contributed by atoms with E-state index in [1.807, 2.05) is 12.1 Å². The number of aryl methyl sites for hydroxylation is 1. The number of rotatable bonds is 4. The standard InChI is InChI=1S/C14H23NO2/c1-14(2,3)11-9-12(16-4)10(6-7-15)8-13(11)17-5/h8-9H,6-7,15H2,1-5H3/i7D2. The number of ether oxygens (including phenoxy) is 2. The molecule has 0 unspecified atom stereocenters. The minimum atomic E-state index is -1.78. The Hall–Kier alpha value is -1.22. The second-order valence-electron chi connectivity index (χ2n) is 5.00. The first-order chi connectivity index (χ1) is 8.58. The highest BCUT2D eigenvalue weighted by Crippen LogP contribution is 2.36. The molecule has 0 saturated heterocycles. The predicted molar refractivity (Wildman–Crippen MR) is 71.0 cm³/mol. The SMILES string of the molecule is [2H]C([2H])(N)Cc1cc(OC)c(C(C)(C)C)cc1OC. The molecule has 0 aromatic heterocycles. The van der Waals surface area contributed by atoms with Gasteiger partial charge in [0.05, 0.1) is 14.2 Å². The summed E-state index contributed by atoms with van der Waals surface area (Å²) in [5.74, 6) is 1.37. The quantitative estimate of drug-likeness (QED) is 0.878. The van der Waals surface area contributed by atoms with Gasteiger partial charge in [-0.25, -0.2) is 0 Å². The molecule has 0 heterocycles. The molecule has 0 bridgehead atoms. The van der Waals surface area contributed by atoms with Crippen molar-refractivity contribution in [1.82, 2.24) is 0 Å². The van der Waals surface area contributed by atoms with Crippen LogP contribution in [-0.4, -0.2) is 20.7 Å². The molecule has 3 nitrogen and oxygen atoms in total. The molecule has 0 saturated carbocycles. The third-order valence-corrected chi connectivity index (χ3v) is 2.70. The summed E-state index contributed by atoms with van der Waals surface area (Å²) in [6.07, 6.45) is 0.0803. The lowest BCUT2D eigenvalue weighted by atomic mass is 9.85. The van der Waals surface area contributed by atoms with E-state index in [0.29, 0.717) is 11.3 Å². The summed E-state index contributed by atoms with van der Waals surface area (Å²) in [6.45, 7) is 4.49. The molecule has 0 aliphatic rings. The Labute approximate surface area is 107 Å². The normalized spacial score (nSPS) is 14.0. The van der Waals surface area contributed by atoms with Crippen LogP contribution in [0.5, 0.6) is 11.5 Å². The van der Waals surface area contributed by atoms with E-state index >= 15 is 0 Å². The molecule has 1 aromatic rings. The minimum Gasteiger partial charge on any atom is -0.496 e. The highest BCUT2D eigenvalue weighted by Gasteiger charge is 2.21. The first-order valence-electron chi connectivity index (χ1n) is 6.63. The average molecular weight is 239 g/mol. The summed E-state index contributed by atoms with van der Waals surface area (Å²) in [5.41, 5.74) is 7.09. The van der Waals surface area contributed by atoms with Gasteiger partial charge in [-0.2, -0.15) is 0 Å². The maximum Gasteiger partial charge on any atom is 0.123 e. The summed E-state index contributed by atoms with van der Waals surface area (Å²) < 4.78 is 25.7. The van der Waals surface area contributed by atoms with Crippen molar-refractivity contribution in [3.63, 3.8) is 0 Å². The molecule has 0 aliphatic carbocycles. The summed E-state index contributed by atoms with van der Waals surface area (Å²) in [4.78, 5) is 0. The van der Waals surface area contributed by atoms with Crippen LogP contribution in [0, 0.1) is 0 Å². The Balaban J connectivity index is 3.36. The third-order valence-electron chi connectivity index (χ3n) is 2.70. The van der Waals surface area contributed by atoms with Crippen LogP contribution in [0.1, 0.15) is 34.6 Å². The Morgan fingerprint density at radius 2 is 1.76 bits per heavy atom. The lowest BCUT2D eigenvalue weighted by Crippen LogP contribution is -2.14. The third kappa shape index (κ3) is 3.13. The molecule has 0 fully saturated rings. The van der Waals surface area contributed by atoms with E-state index in [1.165, 1.54) is 0 Å². The van der Waals surface area contributed by atoms with Crippen molar-refractivity contribution >= 4 is 0 Å². The van der Waals surface area contributed by atoms with Crippen molar-refractivity contribution in [3.8, 4) is 11.5 Å². The van der Waals surface area contributed by atoms with Crippen molar-refractivity contribution in [2.75, 3.05) is 20.7 Å². The van der Waals surface area contributed by atoms with Gasteiger partial charge in [0.2, 0.25) is 0 Å². The zero-order chi connectivity index (χ0) is 14.8. The molecule has 1 aromatic carbocycles. The lowest BCUT2D eigenvalue weighted by Gasteiger charge is -2.24. The molecule has 17 heavy (non-hydrogen) atoms. The van der Waals surface area contributed by atoms with Crippen LogP contribution in [-0.2, 0) is 11.8 Å². The first kappa shape index (κ1) is 10.9. The first-order valence-corrected chi connectivity index (χ1v) is 5.63. The Morgan fingerprint density at radius 1 is 1.18 bits per heavy atom. The van der Waals surface area contributed by atoms with E-state index in [9.17, 15) is 0 Å². The molecular formula is C14H23NO2. The van der Waals surface area contributed by atoms with E-state index in [-0.39, 0.29) is 11.8 Å². The van der Waals surface area contributed by atoms with Crippen molar-refractivity contribution in [3.05, 3.63) is 23.3 Å². The molecule has 96 valence electrons. The lowest BCUT2D eigenvalue weighted by molar-refractivity contribution is 0.385. The van der Waals surface area contributed by atoms with E-state index < -0.39 is 6.50 Å². The number of methoxy groups -OCH3 is 2. The van der Waals surface area contributed by atoms with Crippen LogP contribution >= 0.6 is 0 Å². The number of nitrogens with two attached hydrogens (primary N) is 1. The molecule has 0 amide bonds. The predicted octanol–water partition coefficient (Wildman–Crippen LogP) is 2.50. The molecule has 0 atom stereocenters. The fraction of sp³-hybridized carbons (Fsp3) is 0.571. The van der Waals surface area contributed by atoms with Gasteiger partial charge < -0.3 is 15.2 Å². The van der Waals surface area contributed by atoms with Crippen LogP contribution < -0.4 is 15.2 Å². The summed E-state index contributed by atoms with van der Waals surface area (Å²) >= 11 is 0. The molecule has 0 spiro atoms. The Bertz CT molecular complexity index is 448. The largest absolute Gasteiger partial charge is 0.496 e. The van der Waals surface area contributed by atoms with Crippen LogP contribution in [0.2, 0.25) is 0 Å². The number of benzene rings is 1. The zero-order valence-corrected chi connectivity index (χ0v) is 11.3. The second-order valence-corrected chi connectivity index (χ2v) is 5.00. The van der Waals surface area contributed by atoms with Gasteiger partial charge in [-0.05, 0) is 36.0 Å². The average Bonchev–Trinajstić information content (AvgIpc) is 2.24. The molecule has 2 N–H and O–H groups in total. The second kappa shape index (κ2) is 5.41. The van der Waals surface area contributed by atoms with Gasteiger partial charge in [0.15, 0.2) is 0 Å². The Morgan fingerprint density at radius 3 is 2.18 bits per heavy atom.